The Kier molecular flexibility index (Phi) is 3.84. The lowest BCUT2D eigenvalue weighted by atomic mass is 9.99. The molecule has 1 unspecified atom stereocenters. The van der Waals surface area contributed by atoms with E-state index in [0.29, 0.717) is 0 Å². The minimum atomic E-state index is -1.55. The highest BCUT2D eigenvalue weighted by molar-refractivity contribution is 5.94. The second-order valence-corrected chi connectivity index (χ2v) is 4.37. The van der Waals surface area contributed by atoms with Crippen LogP contribution in [0.15, 0.2) is 18.2 Å². The van der Waals surface area contributed by atoms with Crippen LogP contribution in [-0.2, 0) is 9.53 Å². The zero-order valence-corrected chi connectivity index (χ0v) is 10.3. The highest BCUT2D eigenvalue weighted by atomic mass is 19.2. The van der Waals surface area contributed by atoms with Gasteiger partial charge in [-0.1, -0.05) is 6.07 Å². The summed E-state index contributed by atoms with van der Waals surface area (Å²) < 4.78 is 31.3. The summed E-state index contributed by atoms with van der Waals surface area (Å²) in [7, 11) is 0. The van der Waals surface area contributed by atoms with Crippen LogP contribution in [0.25, 0.3) is 0 Å². The molecule has 20 heavy (non-hydrogen) atoms. The maximum absolute atomic E-state index is 13.4. The number of carbonyl (C=O) groups is 2. The van der Waals surface area contributed by atoms with E-state index in [1.807, 2.05) is 0 Å². The summed E-state index contributed by atoms with van der Waals surface area (Å²) in [5.41, 5.74) is -1.92. The van der Waals surface area contributed by atoms with Gasteiger partial charge in [-0.05, 0) is 12.1 Å². The van der Waals surface area contributed by atoms with Crippen molar-refractivity contribution >= 4 is 17.7 Å². The molecule has 1 aromatic carbocycles. The van der Waals surface area contributed by atoms with Crippen molar-refractivity contribution in [2.45, 2.75) is 12.0 Å². The Balaban J connectivity index is 2.09. The Morgan fingerprint density at radius 2 is 2.10 bits per heavy atom. The van der Waals surface area contributed by atoms with Crippen molar-refractivity contribution in [1.82, 2.24) is 5.32 Å². The van der Waals surface area contributed by atoms with Gasteiger partial charge in [-0.15, -0.1) is 0 Å². The summed E-state index contributed by atoms with van der Waals surface area (Å²) >= 11 is 0. The Hall–Kier alpha value is -2.22. The third-order valence-corrected chi connectivity index (χ3v) is 2.98. The number of amides is 2. The van der Waals surface area contributed by atoms with E-state index in [1.54, 1.807) is 0 Å². The SMILES string of the molecule is O=C(Nc1cccc(F)c1F)NC1(C(=O)O)CCOC1. The van der Waals surface area contributed by atoms with Gasteiger partial charge in [-0.2, -0.15) is 0 Å². The van der Waals surface area contributed by atoms with Crippen molar-refractivity contribution in [2.24, 2.45) is 0 Å². The number of rotatable bonds is 3. The van der Waals surface area contributed by atoms with E-state index in [9.17, 15) is 18.4 Å². The number of urea groups is 1. The molecular formula is C12H12F2N2O4. The number of nitrogens with one attached hydrogen (secondary N) is 2. The Morgan fingerprint density at radius 3 is 2.70 bits per heavy atom. The van der Waals surface area contributed by atoms with E-state index in [2.05, 4.69) is 10.6 Å². The molecule has 3 N–H and O–H groups in total. The fourth-order valence-corrected chi connectivity index (χ4v) is 1.86. The molecule has 2 rings (SSSR count). The fraction of sp³-hybridized carbons (Fsp3) is 0.333. The van der Waals surface area contributed by atoms with Crippen molar-refractivity contribution in [3.05, 3.63) is 29.8 Å². The van der Waals surface area contributed by atoms with Crippen LogP contribution in [0.2, 0.25) is 0 Å². The molecule has 0 aliphatic carbocycles. The first-order valence-corrected chi connectivity index (χ1v) is 5.79. The number of carboxylic acid groups (broad SMARTS) is 1. The fourth-order valence-electron chi connectivity index (χ4n) is 1.86. The first kappa shape index (κ1) is 14.2. The quantitative estimate of drug-likeness (QED) is 0.782. The van der Waals surface area contributed by atoms with Crippen LogP contribution in [0.5, 0.6) is 0 Å². The van der Waals surface area contributed by atoms with Crippen LogP contribution in [0.1, 0.15) is 6.42 Å². The lowest BCUT2D eigenvalue weighted by Crippen LogP contribution is -2.56. The zero-order valence-electron chi connectivity index (χ0n) is 10.3. The van der Waals surface area contributed by atoms with Crippen molar-refractivity contribution in [2.75, 3.05) is 18.5 Å². The molecule has 0 bridgehead atoms. The van der Waals surface area contributed by atoms with E-state index in [1.165, 1.54) is 6.07 Å². The van der Waals surface area contributed by atoms with Gasteiger partial charge in [0.2, 0.25) is 0 Å². The largest absolute Gasteiger partial charge is 0.479 e. The molecule has 0 saturated carbocycles. The van der Waals surface area contributed by atoms with E-state index in [-0.39, 0.29) is 25.3 Å². The number of carbonyl (C=O) groups excluding carboxylic acids is 1. The molecule has 1 aromatic rings. The van der Waals surface area contributed by atoms with Gasteiger partial charge in [0, 0.05) is 13.0 Å². The van der Waals surface area contributed by atoms with Crippen LogP contribution in [-0.4, -0.2) is 35.9 Å². The van der Waals surface area contributed by atoms with Gasteiger partial charge in [0.05, 0.1) is 12.3 Å². The molecule has 1 aliphatic rings. The second kappa shape index (κ2) is 5.41. The topological polar surface area (TPSA) is 87.7 Å². The highest BCUT2D eigenvalue weighted by Crippen LogP contribution is 2.20. The third kappa shape index (κ3) is 2.69. The van der Waals surface area contributed by atoms with E-state index in [0.717, 1.165) is 12.1 Å². The maximum atomic E-state index is 13.4. The summed E-state index contributed by atoms with van der Waals surface area (Å²) in [5.74, 6) is -3.57. The van der Waals surface area contributed by atoms with Gasteiger partial charge in [-0.25, -0.2) is 18.4 Å². The van der Waals surface area contributed by atoms with Gasteiger partial charge in [0.25, 0.3) is 0 Å². The molecule has 108 valence electrons. The molecule has 1 aliphatic heterocycles. The summed E-state index contributed by atoms with van der Waals surface area (Å²) in [5, 5.41) is 13.4. The number of hydrogen-bond acceptors (Lipinski definition) is 3. The molecule has 2 amide bonds. The molecule has 1 atom stereocenters. The third-order valence-electron chi connectivity index (χ3n) is 2.98. The summed E-state index contributed by atoms with van der Waals surface area (Å²) in [4.78, 5) is 22.9. The highest BCUT2D eigenvalue weighted by Gasteiger charge is 2.44. The number of carboxylic acids is 1. The molecule has 0 spiro atoms. The van der Waals surface area contributed by atoms with Crippen LogP contribution in [0.4, 0.5) is 19.3 Å². The second-order valence-electron chi connectivity index (χ2n) is 4.37. The first-order valence-electron chi connectivity index (χ1n) is 5.79. The monoisotopic (exact) mass is 286 g/mol. The average molecular weight is 286 g/mol. The molecule has 8 heteroatoms. The smallest absolute Gasteiger partial charge is 0.332 e. The Morgan fingerprint density at radius 1 is 1.35 bits per heavy atom. The van der Waals surface area contributed by atoms with Crippen LogP contribution in [0, 0.1) is 11.6 Å². The average Bonchev–Trinajstić information content (AvgIpc) is 2.85. The molecule has 0 aromatic heterocycles. The minimum absolute atomic E-state index is 0.0986. The molecule has 1 heterocycles. The van der Waals surface area contributed by atoms with Crippen molar-refractivity contribution in [1.29, 1.82) is 0 Å². The number of halogens is 2. The zero-order chi connectivity index (χ0) is 14.8. The van der Waals surface area contributed by atoms with Crippen molar-refractivity contribution < 1.29 is 28.2 Å². The van der Waals surface area contributed by atoms with Crippen LogP contribution < -0.4 is 10.6 Å². The number of benzene rings is 1. The van der Waals surface area contributed by atoms with Crippen LogP contribution >= 0.6 is 0 Å². The van der Waals surface area contributed by atoms with Gasteiger partial charge < -0.3 is 20.5 Å². The molecule has 0 radical (unpaired) electrons. The predicted octanol–water partition coefficient (Wildman–Crippen LogP) is 1.33. The minimum Gasteiger partial charge on any atom is -0.479 e. The van der Waals surface area contributed by atoms with E-state index < -0.39 is 29.2 Å². The number of hydrogen-bond donors (Lipinski definition) is 3. The Bertz CT molecular complexity index is 544. The van der Waals surface area contributed by atoms with Gasteiger partial charge >= 0.3 is 12.0 Å². The molecule has 1 fully saturated rings. The van der Waals surface area contributed by atoms with E-state index >= 15 is 0 Å². The summed E-state index contributed by atoms with van der Waals surface area (Å²) in [6.45, 7) is 0.0162. The van der Waals surface area contributed by atoms with Gasteiger partial charge in [-0.3, -0.25) is 0 Å². The normalized spacial score (nSPS) is 21.5. The Labute approximate surface area is 112 Å². The molecule has 6 nitrogen and oxygen atoms in total. The molecule has 1 saturated heterocycles. The predicted molar refractivity (Wildman–Crippen MR) is 64.3 cm³/mol. The lowest BCUT2D eigenvalue weighted by molar-refractivity contribution is -0.144. The standard InChI is InChI=1S/C12H12F2N2O4/c13-7-2-1-3-8(9(7)14)15-11(19)16-12(10(17)18)4-5-20-6-12/h1-3H,4-6H2,(H,17,18)(H2,15,16,19). The summed E-state index contributed by atoms with van der Waals surface area (Å²) in [6.07, 6.45) is 0.0986. The first-order chi connectivity index (χ1) is 9.44. The van der Waals surface area contributed by atoms with Crippen molar-refractivity contribution in [3.63, 3.8) is 0 Å². The molecular weight excluding hydrogens is 274 g/mol. The maximum Gasteiger partial charge on any atom is 0.332 e. The van der Waals surface area contributed by atoms with Gasteiger partial charge in [0.1, 0.15) is 0 Å². The number of anilines is 1. The van der Waals surface area contributed by atoms with Gasteiger partial charge in [0.15, 0.2) is 17.2 Å². The van der Waals surface area contributed by atoms with E-state index in [4.69, 9.17) is 9.84 Å². The number of ether oxygens (including phenoxy) is 1. The lowest BCUT2D eigenvalue weighted by Gasteiger charge is -2.23. The number of aliphatic carboxylic acids is 1. The van der Waals surface area contributed by atoms with Crippen LogP contribution in [0.3, 0.4) is 0 Å². The summed E-state index contributed by atoms with van der Waals surface area (Å²) in [6, 6.07) is 2.35. The van der Waals surface area contributed by atoms with Crippen molar-refractivity contribution in [3.8, 4) is 0 Å².